The summed E-state index contributed by atoms with van der Waals surface area (Å²) in [5.41, 5.74) is 12.6. The van der Waals surface area contributed by atoms with Crippen molar-refractivity contribution in [3.63, 3.8) is 0 Å². The van der Waals surface area contributed by atoms with Crippen LogP contribution in [-0.2, 0) is 4.79 Å². The number of nitrogens with two attached hydrogens (primary N) is 1. The van der Waals surface area contributed by atoms with E-state index in [-0.39, 0.29) is 5.91 Å². The first-order valence-electron chi connectivity index (χ1n) is 6.46. The fourth-order valence-electron chi connectivity index (χ4n) is 4.17. The first-order valence-corrected chi connectivity index (χ1v) is 6.46. The van der Waals surface area contributed by atoms with Crippen LogP contribution in [0, 0.1) is 11.8 Å². The van der Waals surface area contributed by atoms with Gasteiger partial charge in [-0.15, -0.1) is 0 Å². The first kappa shape index (κ1) is 9.85. The molecular weight excluding hydrogens is 214 g/mol. The monoisotopic (exact) mass is 231 g/mol. The number of piperidine rings is 1. The smallest absolute Gasteiger partial charge is 0.248 e. The molecule has 4 heteroatoms. The van der Waals surface area contributed by atoms with Crippen LogP contribution in [0.4, 0.5) is 0 Å². The van der Waals surface area contributed by atoms with Crippen LogP contribution in [0.2, 0.25) is 0 Å². The Morgan fingerprint density at radius 2 is 2.29 bits per heavy atom. The Morgan fingerprint density at radius 1 is 1.41 bits per heavy atom. The fraction of sp³-hybridized carbons (Fsp3) is 0.615. The third-order valence-electron chi connectivity index (χ3n) is 4.70. The zero-order valence-corrected chi connectivity index (χ0v) is 9.78. The van der Waals surface area contributed by atoms with E-state index < -0.39 is 0 Å². The van der Waals surface area contributed by atoms with Crippen LogP contribution in [0.15, 0.2) is 22.8 Å². The van der Waals surface area contributed by atoms with Crippen molar-refractivity contribution in [2.24, 2.45) is 17.6 Å². The Hall–Kier alpha value is -1.13. The number of carbonyl (C=O) groups is 1. The maximum Gasteiger partial charge on any atom is 0.248 e. The molecule has 2 fully saturated rings. The van der Waals surface area contributed by atoms with Crippen LogP contribution >= 0.6 is 0 Å². The molecular formula is C13H17N3O. The van der Waals surface area contributed by atoms with Gasteiger partial charge in [-0.3, -0.25) is 4.79 Å². The summed E-state index contributed by atoms with van der Waals surface area (Å²) in [6, 6.07) is 0.448. The van der Waals surface area contributed by atoms with Crippen molar-refractivity contribution in [3.8, 4) is 0 Å². The van der Waals surface area contributed by atoms with Crippen molar-refractivity contribution < 1.29 is 4.79 Å². The number of allylic oxidation sites excluding steroid dienone is 1. The summed E-state index contributed by atoms with van der Waals surface area (Å²) < 4.78 is 0. The highest BCUT2D eigenvalue weighted by Crippen LogP contribution is 2.46. The highest BCUT2D eigenvalue weighted by molar-refractivity contribution is 5.98. The highest BCUT2D eigenvalue weighted by atomic mass is 16.1. The van der Waals surface area contributed by atoms with Crippen molar-refractivity contribution in [1.29, 1.82) is 0 Å². The topological polar surface area (TPSA) is 58.4 Å². The predicted octanol–water partition coefficient (Wildman–Crippen LogP) is 0.327. The first-order chi connectivity index (χ1) is 8.22. The third kappa shape index (κ3) is 1.28. The number of hydrogen-bond acceptors (Lipinski definition) is 3. The quantitative estimate of drug-likeness (QED) is 0.683. The van der Waals surface area contributed by atoms with E-state index in [1.165, 1.54) is 30.5 Å². The van der Waals surface area contributed by atoms with Gasteiger partial charge in [-0.05, 0) is 42.2 Å². The number of hydrogen-bond donors (Lipinski definition) is 2. The maximum absolute atomic E-state index is 11.5. The molecule has 4 atom stereocenters. The Bertz CT molecular complexity index is 451. The molecule has 0 spiro atoms. The molecule has 4 unspecified atom stereocenters. The summed E-state index contributed by atoms with van der Waals surface area (Å²) in [4.78, 5) is 11.5. The van der Waals surface area contributed by atoms with E-state index in [4.69, 9.17) is 5.73 Å². The molecule has 3 aliphatic heterocycles. The number of primary amides is 1. The van der Waals surface area contributed by atoms with Crippen molar-refractivity contribution in [3.05, 3.63) is 22.8 Å². The lowest BCUT2D eigenvalue weighted by atomic mass is 9.83. The number of rotatable bonds is 1. The standard InChI is InChI=1S/C13H17N3O/c14-13(17)10-2-1-9-11-4-7-3-8(12(9)10)6-16(5-7)15-11/h2,7-8,11,15H,1,3-6H2,(H2,14,17). The molecule has 1 amide bonds. The van der Waals surface area contributed by atoms with Crippen molar-refractivity contribution >= 4 is 5.91 Å². The Balaban J connectivity index is 1.82. The molecule has 90 valence electrons. The second kappa shape index (κ2) is 3.21. The summed E-state index contributed by atoms with van der Waals surface area (Å²) in [6.07, 6.45) is 5.42. The summed E-state index contributed by atoms with van der Waals surface area (Å²) in [5, 5.41) is 2.35. The van der Waals surface area contributed by atoms with Gasteiger partial charge >= 0.3 is 0 Å². The molecule has 0 radical (unpaired) electrons. The minimum atomic E-state index is -0.244. The Kier molecular flexibility index (Phi) is 1.86. The molecule has 0 aromatic rings. The van der Waals surface area contributed by atoms with Crippen LogP contribution in [0.5, 0.6) is 0 Å². The fourth-order valence-corrected chi connectivity index (χ4v) is 4.17. The maximum atomic E-state index is 11.5. The van der Waals surface area contributed by atoms with Gasteiger partial charge in [0.15, 0.2) is 0 Å². The molecule has 0 aromatic carbocycles. The van der Waals surface area contributed by atoms with Crippen LogP contribution in [0.1, 0.15) is 19.3 Å². The molecule has 0 aromatic heterocycles. The average Bonchev–Trinajstić information content (AvgIpc) is 2.65. The molecule has 17 heavy (non-hydrogen) atoms. The Morgan fingerprint density at radius 3 is 3.06 bits per heavy atom. The number of nitrogens with zero attached hydrogens (tertiary/aromatic N) is 1. The minimum absolute atomic E-state index is 0.244. The van der Waals surface area contributed by atoms with Gasteiger partial charge in [0.25, 0.3) is 0 Å². The molecule has 3 heterocycles. The van der Waals surface area contributed by atoms with Crippen molar-refractivity contribution in [2.75, 3.05) is 13.1 Å². The largest absolute Gasteiger partial charge is 0.366 e. The number of hydrazine groups is 1. The van der Waals surface area contributed by atoms with E-state index in [1.54, 1.807) is 0 Å². The molecule has 3 N–H and O–H groups in total. The van der Waals surface area contributed by atoms with E-state index in [9.17, 15) is 4.79 Å². The van der Waals surface area contributed by atoms with Gasteiger partial charge in [-0.1, -0.05) is 6.08 Å². The number of amides is 1. The minimum Gasteiger partial charge on any atom is -0.366 e. The lowest BCUT2D eigenvalue weighted by Crippen LogP contribution is -2.56. The van der Waals surface area contributed by atoms with Crippen LogP contribution < -0.4 is 11.2 Å². The second-order valence-electron chi connectivity index (χ2n) is 5.75. The zero-order valence-electron chi connectivity index (χ0n) is 9.78. The predicted molar refractivity (Wildman–Crippen MR) is 63.6 cm³/mol. The van der Waals surface area contributed by atoms with E-state index in [2.05, 4.69) is 10.4 Å². The lowest BCUT2D eigenvalue weighted by Gasteiger charge is -2.43. The van der Waals surface area contributed by atoms with Crippen LogP contribution in [0.3, 0.4) is 0 Å². The summed E-state index contributed by atoms with van der Waals surface area (Å²) >= 11 is 0. The van der Waals surface area contributed by atoms with E-state index in [1.807, 2.05) is 6.08 Å². The number of nitrogens with one attached hydrogen (secondary N) is 1. The van der Waals surface area contributed by atoms with E-state index in [0.717, 1.165) is 24.5 Å². The summed E-state index contributed by atoms with van der Waals surface area (Å²) in [5.74, 6) is 1.07. The molecule has 4 nitrogen and oxygen atoms in total. The normalized spacial score (nSPS) is 42.5. The van der Waals surface area contributed by atoms with Crippen molar-refractivity contribution in [1.82, 2.24) is 10.4 Å². The zero-order chi connectivity index (χ0) is 11.6. The molecule has 2 saturated heterocycles. The van der Waals surface area contributed by atoms with Gasteiger partial charge in [0.2, 0.25) is 5.91 Å². The van der Waals surface area contributed by atoms with Crippen LogP contribution in [-0.4, -0.2) is 30.0 Å². The summed E-state index contributed by atoms with van der Waals surface area (Å²) in [6.45, 7) is 2.21. The van der Waals surface area contributed by atoms with Crippen molar-refractivity contribution in [2.45, 2.75) is 25.3 Å². The van der Waals surface area contributed by atoms with Crippen LogP contribution in [0.25, 0.3) is 0 Å². The average molecular weight is 231 g/mol. The SMILES string of the molecule is NC(=O)C1=CCC2=C1C1CC3CC2NN(C3)C1. The van der Waals surface area contributed by atoms with Gasteiger partial charge in [-0.2, -0.15) is 0 Å². The van der Waals surface area contributed by atoms with Gasteiger partial charge < -0.3 is 5.73 Å². The molecule has 2 aliphatic carbocycles. The molecule has 4 bridgehead atoms. The number of carbonyl (C=O) groups excluding carboxylic acids is 1. The second-order valence-corrected chi connectivity index (χ2v) is 5.75. The van der Waals surface area contributed by atoms with Gasteiger partial charge in [0.05, 0.1) is 0 Å². The third-order valence-corrected chi connectivity index (χ3v) is 4.70. The van der Waals surface area contributed by atoms with Gasteiger partial charge in [0.1, 0.15) is 0 Å². The van der Waals surface area contributed by atoms with Gasteiger partial charge in [-0.25, -0.2) is 10.4 Å². The van der Waals surface area contributed by atoms with E-state index >= 15 is 0 Å². The molecule has 0 saturated carbocycles. The lowest BCUT2D eigenvalue weighted by molar-refractivity contribution is -0.114. The Labute approximate surface area is 100 Å². The summed E-state index contributed by atoms with van der Waals surface area (Å²) in [7, 11) is 0. The van der Waals surface area contributed by atoms with E-state index in [0.29, 0.717) is 12.0 Å². The molecule has 5 aliphatic rings. The highest BCUT2D eigenvalue weighted by Gasteiger charge is 2.44. The molecule has 5 rings (SSSR count). The van der Waals surface area contributed by atoms with Gasteiger partial charge in [0, 0.05) is 24.7 Å².